The number of allylic oxidation sites excluding steroid dienone is 1. The Kier molecular flexibility index (Phi) is 6.97. The summed E-state index contributed by atoms with van der Waals surface area (Å²) in [5, 5.41) is 0. The summed E-state index contributed by atoms with van der Waals surface area (Å²) in [5.41, 5.74) is 2.85. The number of ether oxygens (including phenoxy) is 2. The Morgan fingerprint density at radius 3 is 2.18 bits per heavy atom. The molecule has 3 nitrogen and oxygen atoms in total. The van der Waals surface area contributed by atoms with E-state index < -0.39 is 11.9 Å². The van der Waals surface area contributed by atoms with Crippen molar-refractivity contribution in [2.75, 3.05) is 7.11 Å². The number of esters is 1. The van der Waals surface area contributed by atoms with Crippen LogP contribution < -0.4 is 9.47 Å². The van der Waals surface area contributed by atoms with Crippen LogP contribution in [0.1, 0.15) is 97.2 Å². The smallest absolute Gasteiger partial charge is 0.319 e. The fourth-order valence-electron chi connectivity index (χ4n) is 4.42. The molecule has 0 unspecified atom stereocenters. The van der Waals surface area contributed by atoms with Gasteiger partial charge in [0.1, 0.15) is 11.5 Å². The van der Waals surface area contributed by atoms with Crippen molar-refractivity contribution in [3.05, 3.63) is 64.7 Å². The van der Waals surface area contributed by atoms with E-state index in [0.29, 0.717) is 11.3 Å². The molecule has 2 aromatic rings. The molecule has 0 N–H and O–H groups in total. The molecule has 3 heteroatoms. The first-order valence-corrected chi connectivity index (χ1v) is 12.1. The van der Waals surface area contributed by atoms with E-state index in [9.17, 15) is 6.17 Å². The largest absolute Gasteiger partial charge is 0.497 e. The zero-order valence-corrected chi connectivity index (χ0v) is 21.5. The number of benzene rings is 2. The van der Waals surface area contributed by atoms with E-state index in [1.807, 2.05) is 48.6 Å². The lowest BCUT2D eigenvalue weighted by molar-refractivity contribution is -0.137. The molecule has 2 aromatic carbocycles. The minimum Gasteiger partial charge on any atom is -0.497 e. The predicted octanol–water partition coefficient (Wildman–Crippen LogP) is 7.81. The number of methoxy groups -OCH3 is 1. The second-order valence-corrected chi connectivity index (χ2v) is 11.0. The molecule has 0 aromatic heterocycles. The molecule has 0 amide bonds. The quantitative estimate of drug-likeness (QED) is 0.333. The van der Waals surface area contributed by atoms with E-state index in [4.69, 9.17) is 9.47 Å². The van der Waals surface area contributed by atoms with Gasteiger partial charge in [0.2, 0.25) is 0 Å². The van der Waals surface area contributed by atoms with Crippen LogP contribution in [0.4, 0.5) is 0 Å². The fourth-order valence-corrected chi connectivity index (χ4v) is 4.42. The highest BCUT2D eigenvalue weighted by Crippen LogP contribution is 2.44. The standard InChI is InChI=1S/C30H40O3/c1-9-10-13-21-17-16-20-14-11-12-15-23(20)26(21)28(31)33-27-24(29(2,3)4)18-22(32-8)19-25(27)30(5,6)7/h11-12,14-19,21,26H,9-10,13H2,1-8H3/t21-,26+/m0/s1/i26D. The molecule has 0 saturated heterocycles. The lowest BCUT2D eigenvalue weighted by atomic mass is 9.76. The summed E-state index contributed by atoms with van der Waals surface area (Å²) in [6, 6.07) is 11.6. The number of fused-ring (bicyclic) bond motifs is 1. The maximum Gasteiger partial charge on any atom is 0.319 e. The maximum absolute atomic E-state index is 14.1. The zero-order valence-electron chi connectivity index (χ0n) is 22.5. The van der Waals surface area contributed by atoms with Gasteiger partial charge in [-0.25, -0.2) is 0 Å². The van der Waals surface area contributed by atoms with Gasteiger partial charge in [-0.15, -0.1) is 0 Å². The molecular formula is C30H40O3. The number of unbranched alkanes of at least 4 members (excludes halogenated alkanes) is 1. The third-order valence-corrected chi connectivity index (χ3v) is 6.33. The van der Waals surface area contributed by atoms with Crippen LogP contribution in [0.15, 0.2) is 42.5 Å². The van der Waals surface area contributed by atoms with E-state index in [1.54, 1.807) is 7.11 Å². The second kappa shape index (κ2) is 9.75. The van der Waals surface area contributed by atoms with Crippen LogP contribution in [-0.4, -0.2) is 13.1 Å². The van der Waals surface area contributed by atoms with Gasteiger partial charge < -0.3 is 9.47 Å². The van der Waals surface area contributed by atoms with E-state index in [2.05, 4.69) is 48.5 Å². The number of rotatable bonds is 6. The van der Waals surface area contributed by atoms with Gasteiger partial charge in [-0.3, -0.25) is 4.79 Å². The first-order valence-electron chi connectivity index (χ1n) is 12.6. The molecule has 0 heterocycles. The average molecular weight is 450 g/mol. The minimum atomic E-state index is -1.51. The van der Waals surface area contributed by atoms with Gasteiger partial charge in [-0.2, -0.15) is 0 Å². The maximum atomic E-state index is 14.1. The van der Waals surface area contributed by atoms with Crippen LogP contribution in [-0.2, 0) is 15.6 Å². The van der Waals surface area contributed by atoms with Crippen LogP contribution >= 0.6 is 0 Å². The van der Waals surface area contributed by atoms with Crippen LogP contribution in [0.5, 0.6) is 11.5 Å². The van der Waals surface area contributed by atoms with Crippen molar-refractivity contribution in [3.63, 3.8) is 0 Å². The van der Waals surface area contributed by atoms with Gasteiger partial charge in [0.05, 0.1) is 13.0 Å². The van der Waals surface area contributed by atoms with Crippen LogP contribution in [0.25, 0.3) is 6.08 Å². The van der Waals surface area contributed by atoms with E-state index in [1.165, 1.54) is 0 Å². The summed E-state index contributed by atoms with van der Waals surface area (Å²) in [5.74, 6) is -0.985. The highest BCUT2D eigenvalue weighted by molar-refractivity contribution is 5.85. The minimum absolute atomic E-state index is 0.246. The van der Waals surface area contributed by atoms with Gasteiger partial charge in [0, 0.05) is 12.5 Å². The van der Waals surface area contributed by atoms with Crippen molar-refractivity contribution in [2.45, 2.75) is 84.5 Å². The van der Waals surface area contributed by atoms with Crippen molar-refractivity contribution in [1.29, 1.82) is 0 Å². The topological polar surface area (TPSA) is 35.5 Å². The summed E-state index contributed by atoms with van der Waals surface area (Å²) < 4.78 is 21.5. The highest BCUT2D eigenvalue weighted by atomic mass is 16.5. The SMILES string of the molecule is [2H][C@]1(C(=O)Oc2c(C(C)(C)C)cc(OC)cc2C(C)(C)C)c2ccccc2C=C[C@@H]1CCCC. The van der Waals surface area contributed by atoms with Crippen LogP contribution in [0, 0.1) is 5.92 Å². The van der Waals surface area contributed by atoms with E-state index in [-0.39, 0.29) is 16.7 Å². The molecule has 3 rings (SSSR count). The van der Waals surface area contributed by atoms with Gasteiger partial charge in [-0.1, -0.05) is 97.7 Å². The molecule has 0 bridgehead atoms. The molecule has 33 heavy (non-hydrogen) atoms. The summed E-state index contributed by atoms with van der Waals surface area (Å²) in [4.78, 5) is 14.1. The Balaban J connectivity index is 2.18. The van der Waals surface area contributed by atoms with Crippen LogP contribution in [0.2, 0.25) is 0 Å². The fraction of sp³-hybridized carbons (Fsp3) is 0.500. The number of carbonyl (C=O) groups excluding carboxylic acids is 1. The van der Waals surface area contributed by atoms with Crippen LogP contribution in [0.3, 0.4) is 0 Å². The molecule has 0 aliphatic heterocycles. The predicted molar refractivity (Wildman–Crippen MR) is 137 cm³/mol. The summed E-state index contributed by atoms with van der Waals surface area (Å²) >= 11 is 0. The van der Waals surface area contributed by atoms with Crippen molar-refractivity contribution in [3.8, 4) is 11.5 Å². The van der Waals surface area contributed by atoms with E-state index >= 15 is 0 Å². The van der Waals surface area contributed by atoms with Gasteiger partial charge >= 0.3 is 5.97 Å². The normalized spacial score (nSPS) is 20.7. The summed E-state index contributed by atoms with van der Waals surface area (Å²) in [7, 11) is 1.66. The van der Waals surface area contributed by atoms with Crippen molar-refractivity contribution < 1.29 is 15.6 Å². The molecular weight excluding hydrogens is 408 g/mol. The van der Waals surface area contributed by atoms with Crippen molar-refractivity contribution in [2.24, 2.45) is 5.92 Å². The number of hydrogen-bond donors (Lipinski definition) is 0. The van der Waals surface area contributed by atoms with Gasteiger partial charge in [0.25, 0.3) is 0 Å². The lowest BCUT2D eigenvalue weighted by Crippen LogP contribution is -2.30. The molecule has 0 fully saturated rings. The number of hydrogen-bond acceptors (Lipinski definition) is 3. The highest BCUT2D eigenvalue weighted by Gasteiger charge is 2.36. The first kappa shape index (κ1) is 23.6. The Bertz CT molecular complexity index is 1040. The molecule has 2 atom stereocenters. The molecule has 0 radical (unpaired) electrons. The van der Waals surface area contributed by atoms with Gasteiger partial charge in [0.15, 0.2) is 0 Å². The average Bonchev–Trinajstić information content (AvgIpc) is 2.77. The van der Waals surface area contributed by atoms with Crippen molar-refractivity contribution >= 4 is 12.0 Å². The van der Waals surface area contributed by atoms with Crippen molar-refractivity contribution in [1.82, 2.24) is 0 Å². The zero-order chi connectivity index (χ0) is 25.3. The summed E-state index contributed by atoms with van der Waals surface area (Å²) in [6.07, 6.45) is 6.80. The Morgan fingerprint density at radius 1 is 1.03 bits per heavy atom. The number of carbonyl (C=O) groups is 1. The van der Waals surface area contributed by atoms with E-state index in [0.717, 1.165) is 41.7 Å². The third kappa shape index (κ3) is 5.51. The third-order valence-electron chi connectivity index (χ3n) is 6.33. The molecule has 1 aliphatic carbocycles. The Morgan fingerprint density at radius 2 is 1.64 bits per heavy atom. The molecule has 178 valence electrons. The monoisotopic (exact) mass is 449 g/mol. The Hall–Kier alpha value is -2.55. The molecule has 1 aliphatic rings. The van der Waals surface area contributed by atoms with Gasteiger partial charge in [-0.05, 0) is 46.4 Å². The second-order valence-electron chi connectivity index (χ2n) is 11.0. The lowest BCUT2D eigenvalue weighted by Gasteiger charge is -2.32. The molecule has 0 spiro atoms. The summed E-state index contributed by atoms with van der Waals surface area (Å²) in [6.45, 7) is 14.7. The Labute approximate surface area is 201 Å². The molecule has 0 saturated carbocycles. The first-order chi connectivity index (χ1) is 15.8.